The number of hydrogen-bond donors (Lipinski definition) is 2. The number of para-hydroxylation sites is 2. The molecule has 2 N–H and O–H groups in total. The van der Waals surface area contributed by atoms with E-state index in [9.17, 15) is 10.2 Å². The maximum Gasteiger partial charge on any atom is 0.132 e. The van der Waals surface area contributed by atoms with Crippen LogP contribution >= 0.6 is 0 Å². The molecule has 0 radical (unpaired) electrons. The number of benzene rings is 2. The molecule has 3 nitrogen and oxygen atoms in total. The van der Waals surface area contributed by atoms with Gasteiger partial charge in [-0.05, 0) is 12.1 Å². The van der Waals surface area contributed by atoms with E-state index in [2.05, 4.69) is 0 Å². The Balaban J connectivity index is 2.31. The molecule has 2 aromatic carbocycles. The highest BCUT2D eigenvalue weighted by Crippen LogP contribution is 2.27. The van der Waals surface area contributed by atoms with Crippen LogP contribution in [-0.4, -0.2) is 10.2 Å². The number of rotatable bonds is 4. The minimum absolute atomic E-state index is 0.0720. The average Bonchev–Trinajstić information content (AvgIpc) is 2.40. The first-order valence-corrected chi connectivity index (χ1v) is 5.40. The Hall–Kier alpha value is -1.84. The largest absolute Gasteiger partial charge is 0.457 e. The molecule has 0 amide bonds. The van der Waals surface area contributed by atoms with E-state index in [4.69, 9.17) is 4.74 Å². The third-order valence-corrected chi connectivity index (χ3v) is 2.51. The fraction of sp³-hybridized carbons (Fsp3) is 0.143. The number of ether oxygens (including phenoxy) is 1. The lowest BCUT2D eigenvalue weighted by Crippen LogP contribution is -1.94. The van der Waals surface area contributed by atoms with Crippen molar-refractivity contribution in [2.24, 2.45) is 0 Å². The van der Waals surface area contributed by atoms with E-state index in [-0.39, 0.29) is 13.2 Å². The Labute approximate surface area is 99.9 Å². The quantitative estimate of drug-likeness (QED) is 0.848. The van der Waals surface area contributed by atoms with Crippen molar-refractivity contribution >= 4 is 0 Å². The minimum Gasteiger partial charge on any atom is -0.457 e. The lowest BCUT2D eigenvalue weighted by Gasteiger charge is -2.12. The molecule has 0 aromatic heterocycles. The molecule has 2 aromatic rings. The molecule has 0 saturated carbocycles. The maximum absolute atomic E-state index is 9.19. The third-order valence-electron chi connectivity index (χ3n) is 2.51. The topological polar surface area (TPSA) is 49.7 Å². The summed E-state index contributed by atoms with van der Waals surface area (Å²) < 4.78 is 5.70. The second kappa shape index (κ2) is 5.48. The first-order valence-electron chi connectivity index (χ1n) is 5.40. The summed E-state index contributed by atoms with van der Waals surface area (Å²) in [5, 5.41) is 18.4. The van der Waals surface area contributed by atoms with Crippen LogP contribution in [0.2, 0.25) is 0 Å². The van der Waals surface area contributed by atoms with Crippen molar-refractivity contribution in [1.29, 1.82) is 0 Å². The fourth-order valence-corrected chi connectivity index (χ4v) is 1.59. The fourth-order valence-electron chi connectivity index (χ4n) is 1.59. The molecular weight excluding hydrogens is 216 g/mol. The van der Waals surface area contributed by atoms with Crippen LogP contribution in [0.1, 0.15) is 11.1 Å². The van der Waals surface area contributed by atoms with Gasteiger partial charge in [-0.1, -0.05) is 36.4 Å². The highest BCUT2D eigenvalue weighted by molar-refractivity contribution is 5.40. The summed E-state index contributed by atoms with van der Waals surface area (Å²) in [6, 6.07) is 14.6. The standard InChI is InChI=1S/C14H14O3/c15-9-11-5-1-3-7-13(11)17-14-8-4-2-6-12(14)10-16/h1-8,15-16H,9-10H2. The number of aliphatic hydroxyl groups is 2. The zero-order valence-corrected chi connectivity index (χ0v) is 9.34. The molecule has 17 heavy (non-hydrogen) atoms. The van der Waals surface area contributed by atoms with E-state index in [1.807, 2.05) is 24.3 Å². The molecule has 3 heteroatoms. The van der Waals surface area contributed by atoms with Gasteiger partial charge in [0, 0.05) is 11.1 Å². The number of aliphatic hydroxyl groups excluding tert-OH is 2. The normalized spacial score (nSPS) is 10.2. The van der Waals surface area contributed by atoms with Crippen molar-refractivity contribution in [1.82, 2.24) is 0 Å². The van der Waals surface area contributed by atoms with Gasteiger partial charge in [0.05, 0.1) is 13.2 Å². The van der Waals surface area contributed by atoms with Crippen LogP contribution in [0.25, 0.3) is 0 Å². The van der Waals surface area contributed by atoms with Crippen molar-refractivity contribution in [3.05, 3.63) is 59.7 Å². The predicted molar refractivity (Wildman–Crippen MR) is 64.8 cm³/mol. The van der Waals surface area contributed by atoms with Gasteiger partial charge < -0.3 is 14.9 Å². The second-order valence-electron chi connectivity index (χ2n) is 3.63. The van der Waals surface area contributed by atoms with Gasteiger partial charge in [-0.3, -0.25) is 0 Å². The summed E-state index contributed by atoms with van der Waals surface area (Å²) in [6.07, 6.45) is 0. The molecule has 0 spiro atoms. The second-order valence-corrected chi connectivity index (χ2v) is 3.63. The first kappa shape index (κ1) is 11.6. The van der Waals surface area contributed by atoms with Crippen LogP contribution in [0.5, 0.6) is 11.5 Å². The van der Waals surface area contributed by atoms with Gasteiger partial charge in [-0.15, -0.1) is 0 Å². The van der Waals surface area contributed by atoms with Crippen LogP contribution in [0, 0.1) is 0 Å². The summed E-state index contributed by atoms with van der Waals surface area (Å²) in [5.74, 6) is 1.21. The van der Waals surface area contributed by atoms with Gasteiger partial charge in [-0.25, -0.2) is 0 Å². The van der Waals surface area contributed by atoms with E-state index in [1.165, 1.54) is 0 Å². The van der Waals surface area contributed by atoms with Gasteiger partial charge in [0.2, 0.25) is 0 Å². The highest BCUT2D eigenvalue weighted by Gasteiger charge is 2.06. The summed E-state index contributed by atoms with van der Waals surface area (Å²) in [5.41, 5.74) is 1.44. The summed E-state index contributed by atoms with van der Waals surface area (Å²) in [6.45, 7) is -0.144. The third kappa shape index (κ3) is 2.64. The summed E-state index contributed by atoms with van der Waals surface area (Å²) in [7, 11) is 0. The molecule has 0 bridgehead atoms. The van der Waals surface area contributed by atoms with Crippen molar-refractivity contribution in [2.45, 2.75) is 13.2 Å². The number of hydrogen-bond acceptors (Lipinski definition) is 3. The first-order chi connectivity index (χ1) is 8.35. The van der Waals surface area contributed by atoms with E-state index in [0.717, 1.165) is 11.1 Å². The van der Waals surface area contributed by atoms with Crippen LogP contribution in [0.3, 0.4) is 0 Å². The van der Waals surface area contributed by atoms with E-state index in [0.29, 0.717) is 11.5 Å². The molecule has 0 aliphatic heterocycles. The van der Waals surface area contributed by atoms with E-state index in [1.54, 1.807) is 24.3 Å². The Morgan fingerprint density at radius 3 is 1.53 bits per heavy atom. The Kier molecular flexibility index (Phi) is 3.75. The maximum atomic E-state index is 9.19. The molecule has 0 fully saturated rings. The Bertz CT molecular complexity index is 449. The minimum atomic E-state index is -0.0720. The predicted octanol–water partition coefficient (Wildman–Crippen LogP) is 2.46. The Morgan fingerprint density at radius 2 is 1.12 bits per heavy atom. The molecule has 88 valence electrons. The van der Waals surface area contributed by atoms with Gasteiger partial charge in [0.25, 0.3) is 0 Å². The lowest BCUT2D eigenvalue weighted by molar-refractivity contribution is 0.271. The Morgan fingerprint density at radius 1 is 0.706 bits per heavy atom. The smallest absolute Gasteiger partial charge is 0.132 e. The van der Waals surface area contributed by atoms with Crippen LogP contribution < -0.4 is 4.74 Å². The van der Waals surface area contributed by atoms with Gasteiger partial charge in [0.1, 0.15) is 11.5 Å². The SMILES string of the molecule is OCc1ccccc1Oc1ccccc1CO. The van der Waals surface area contributed by atoms with Gasteiger partial charge >= 0.3 is 0 Å². The van der Waals surface area contributed by atoms with Crippen molar-refractivity contribution in [2.75, 3.05) is 0 Å². The molecule has 0 heterocycles. The van der Waals surface area contributed by atoms with Crippen LogP contribution in [0.15, 0.2) is 48.5 Å². The summed E-state index contributed by atoms with van der Waals surface area (Å²) in [4.78, 5) is 0. The molecule has 0 aliphatic rings. The van der Waals surface area contributed by atoms with Crippen molar-refractivity contribution in [3.8, 4) is 11.5 Å². The van der Waals surface area contributed by atoms with E-state index >= 15 is 0 Å². The van der Waals surface area contributed by atoms with Gasteiger partial charge in [-0.2, -0.15) is 0 Å². The molecule has 0 unspecified atom stereocenters. The van der Waals surface area contributed by atoms with E-state index < -0.39 is 0 Å². The molecule has 0 saturated heterocycles. The molecular formula is C14H14O3. The monoisotopic (exact) mass is 230 g/mol. The molecule has 0 aliphatic carbocycles. The molecule has 2 rings (SSSR count). The lowest BCUT2D eigenvalue weighted by atomic mass is 10.2. The van der Waals surface area contributed by atoms with Crippen molar-refractivity contribution in [3.63, 3.8) is 0 Å². The van der Waals surface area contributed by atoms with Crippen LogP contribution in [-0.2, 0) is 13.2 Å². The van der Waals surface area contributed by atoms with Crippen molar-refractivity contribution < 1.29 is 14.9 Å². The zero-order chi connectivity index (χ0) is 12.1. The summed E-state index contributed by atoms with van der Waals surface area (Å²) >= 11 is 0. The average molecular weight is 230 g/mol. The zero-order valence-electron chi connectivity index (χ0n) is 9.34. The van der Waals surface area contributed by atoms with Crippen LogP contribution in [0.4, 0.5) is 0 Å². The highest BCUT2D eigenvalue weighted by atomic mass is 16.5. The van der Waals surface area contributed by atoms with Gasteiger partial charge in [0.15, 0.2) is 0 Å². The molecule has 0 atom stereocenters.